The predicted molar refractivity (Wildman–Crippen MR) is 88.5 cm³/mol. The average Bonchev–Trinajstić information content (AvgIpc) is 3.25. The second-order valence-electron chi connectivity index (χ2n) is 6.28. The van der Waals surface area contributed by atoms with E-state index in [1.807, 2.05) is 6.92 Å². The van der Waals surface area contributed by atoms with Gasteiger partial charge in [-0.25, -0.2) is 0 Å². The zero-order chi connectivity index (χ0) is 17.3. The summed E-state index contributed by atoms with van der Waals surface area (Å²) in [6.07, 6.45) is 2.99. The van der Waals surface area contributed by atoms with E-state index < -0.39 is 5.79 Å². The van der Waals surface area contributed by atoms with Crippen LogP contribution in [0.4, 0.5) is 11.5 Å². The summed E-state index contributed by atoms with van der Waals surface area (Å²) < 4.78 is 16.4. The summed E-state index contributed by atoms with van der Waals surface area (Å²) >= 11 is 0. The number of pyridine rings is 1. The van der Waals surface area contributed by atoms with Crippen molar-refractivity contribution in [1.82, 2.24) is 15.0 Å². The lowest BCUT2D eigenvalue weighted by Gasteiger charge is -2.37. The maximum absolute atomic E-state index is 12.7. The zero-order valence-corrected chi connectivity index (χ0v) is 14.0. The highest BCUT2D eigenvalue weighted by molar-refractivity contribution is 5.93. The molecule has 132 valence electrons. The van der Waals surface area contributed by atoms with Gasteiger partial charge in [0.05, 0.1) is 13.2 Å². The SMILES string of the molecule is Cc1cc(Nc2ccnc(C(=O)N3CCC4(CC3)OCCO4)c2)no1. The summed E-state index contributed by atoms with van der Waals surface area (Å²) in [5, 5.41) is 6.99. The number of carbonyl (C=O) groups is 1. The molecule has 8 nitrogen and oxygen atoms in total. The van der Waals surface area contributed by atoms with Crippen molar-refractivity contribution in [1.29, 1.82) is 0 Å². The Balaban J connectivity index is 1.43. The molecule has 2 aliphatic heterocycles. The molecular formula is C17H20N4O4. The third-order valence-electron chi connectivity index (χ3n) is 4.51. The molecular weight excluding hydrogens is 324 g/mol. The third kappa shape index (κ3) is 3.35. The van der Waals surface area contributed by atoms with E-state index >= 15 is 0 Å². The van der Waals surface area contributed by atoms with Gasteiger partial charge in [0.2, 0.25) is 0 Å². The number of aromatic nitrogens is 2. The van der Waals surface area contributed by atoms with Crippen LogP contribution in [0.2, 0.25) is 0 Å². The first-order valence-corrected chi connectivity index (χ1v) is 8.37. The van der Waals surface area contributed by atoms with E-state index in [0.29, 0.717) is 56.4 Å². The molecule has 0 atom stereocenters. The number of hydrogen-bond donors (Lipinski definition) is 1. The number of rotatable bonds is 3. The van der Waals surface area contributed by atoms with Gasteiger partial charge in [-0.2, -0.15) is 0 Å². The molecule has 4 heterocycles. The van der Waals surface area contributed by atoms with Crippen molar-refractivity contribution in [3.05, 3.63) is 35.9 Å². The molecule has 1 spiro atoms. The van der Waals surface area contributed by atoms with Crippen LogP contribution in [0.5, 0.6) is 0 Å². The minimum atomic E-state index is -0.488. The number of hydrogen-bond acceptors (Lipinski definition) is 7. The van der Waals surface area contributed by atoms with Crippen molar-refractivity contribution >= 4 is 17.4 Å². The molecule has 2 saturated heterocycles. The van der Waals surface area contributed by atoms with Crippen LogP contribution in [-0.2, 0) is 9.47 Å². The number of nitrogens with zero attached hydrogens (tertiary/aromatic N) is 3. The lowest BCUT2D eigenvalue weighted by atomic mass is 10.0. The minimum Gasteiger partial charge on any atom is -0.360 e. The van der Waals surface area contributed by atoms with Crippen LogP contribution in [-0.4, -0.2) is 53.0 Å². The molecule has 2 aromatic heterocycles. The highest BCUT2D eigenvalue weighted by Gasteiger charge is 2.41. The summed E-state index contributed by atoms with van der Waals surface area (Å²) in [5.41, 5.74) is 1.14. The Labute approximate surface area is 145 Å². The van der Waals surface area contributed by atoms with Gasteiger partial charge >= 0.3 is 0 Å². The Morgan fingerprint density at radius 3 is 2.68 bits per heavy atom. The van der Waals surface area contributed by atoms with E-state index in [1.54, 1.807) is 29.3 Å². The Hall–Kier alpha value is -2.45. The maximum atomic E-state index is 12.7. The summed E-state index contributed by atoms with van der Waals surface area (Å²) in [7, 11) is 0. The molecule has 0 saturated carbocycles. The summed E-state index contributed by atoms with van der Waals surface area (Å²) in [6, 6.07) is 5.29. The topological polar surface area (TPSA) is 89.7 Å². The third-order valence-corrected chi connectivity index (χ3v) is 4.51. The van der Waals surface area contributed by atoms with Gasteiger partial charge in [-0.1, -0.05) is 5.16 Å². The number of likely N-dealkylation sites (tertiary alicyclic amines) is 1. The number of carbonyl (C=O) groups excluding carboxylic acids is 1. The fourth-order valence-electron chi connectivity index (χ4n) is 3.20. The molecule has 0 bridgehead atoms. The molecule has 2 aromatic rings. The fraction of sp³-hybridized carbons (Fsp3) is 0.471. The normalized spacial score (nSPS) is 19.3. The van der Waals surface area contributed by atoms with Gasteiger partial charge in [0, 0.05) is 43.9 Å². The van der Waals surface area contributed by atoms with Gasteiger partial charge in [0.1, 0.15) is 11.5 Å². The minimum absolute atomic E-state index is 0.0900. The van der Waals surface area contributed by atoms with Crippen molar-refractivity contribution in [2.45, 2.75) is 25.6 Å². The van der Waals surface area contributed by atoms with Crippen molar-refractivity contribution in [2.75, 3.05) is 31.6 Å². The molecule has 0 aromatic carbocycles. The molecule has 4 rings (SSSR count). The maximum Gasteiger partial charge on any atom is 0.272 e. The zero-order valence-electron chi connectivity index (χ0n) is 14.0. The van der Waals surface area contributed by atoms with Crippen molar-refractivity contribution < 1.29 is 18.8 Å². The fourth-order valence-corrected chi connectivity index (χ4v) is 3.20. The molecule has 2 aliphatic rings. The molecule has 0 aliphatic carbocycles. The summed E-state index contributed by atoms with van der Waals surface area (Å²) in [4.78, 5) is 18.7. The number of ether oxygens (including phenoxy) is 2. The van der Waals surface area contributed by atoms with Crippen molar-refractivity contribution in [2.24, 2.45) is 0 Å². The van der Waals surface area contributed by atoms with Gasteiger partial charge in [-0.15, -0.1) is 0 Å². The smallest absolute Gasteiger partial charge is 0.272 e. The number of nitrogens with one attached hydrogen (secondary N) is 1. The lowest BCUT2D eigenvalue weighted by molar-refractivity contribution is -0.181. The Bertz CT molecular complexity index is 760. The lowest BCUT2D eigenvalue weighted by Crippen LogP contribution is -2.47. The second-order valence-corrected chi connectivity index (χ2v) is 6.28. The first kappa shape index (κ1) is 16.0. The van der Waals surface area contributed by atoms with Crippen LogP contribution in [0.1, 0.15) is 29.1 Å². The van der Waals surface area contributed by atoms with E-state index in [-0.39, 0.29) is 5.91 Å². The number of piperidine rings is 1. The van der Waals surface area contributed by atoms with Crippen LogP contribution in [0.3, 0.4) is 0 Å². The van der Waals surface area contributed by atoms with Crippen molar-refractivity contribution in [3.63, 3.8) is 0 Å². The predicted octanol–water partition coefficient (Wildman–Crippen LogP) is 2.10. The first-order valence-electron chi connectivity index (χ1n) is 8.37. The summed E-state index contributed by atoms with van der Waals surface area (Å²) in [5.74, 6) is 0.732. The molecule has 2 fully saturated rings. The van der Waals surface area contributed by atoms with Crippen LogP contribution in [0.25, 0.3) is 0 Å². The number of aryl methyl sites for hydroxylation is 1. The van der Waals surface area contributed by atoms with Crippen LogP contribution >= 0.6 is 0 Å². The van der Waals surface area contributed by atoms with Crippen LogP contribution < -0.4 is 5.32 Å². The molecule has 1 amide bonds. The monoisotopic (exact) mass is 344 g/mol. The van der Waals surface area contributed by atoms with Gasteiger partial charge in [0.15, 0.2) is 11.6 Å². The van der Waals surface area contributed by atoms with E-state index in [0.717, 1.165) is 5.69 Å². The van der Waals surface area contributed by atoms with E-state index in [2.05, 4.69) is 15.5 Å². The van der Waals surface area contributed by atoms with Crippen LogP contribution in [0, 0.1) is 6.92 Å². The quantitative estimate of drug-likeness (QED) is 0.912. The molecule has 1 N–H and O–H groups in total. The number of amides is 1. The largest absolute Gasteiger partial charge is 0.360 e. The van der Waals surface area contributed by atoms with E-state index in [9.17, 15) is 4.79 Å². The molecule has 8 heteroatoms. The Morgan fingerprint density at radius 2 is 2.00 bits per heavy atom. The Morgan fingerprint density at radius 1 is 1.24 bits per heavy atom. The first-order chi connectivity index (χ1) is 12.1. The number of anilines is 2. The van der Waals surface area contributed by atoms with Gasteiger partial charge < -0.3 is 24.2 Å². The standard InChI is InChI=1S/C17H20N4O4/c1-12-10-15(20-25-12)19-13-2-5-18-14(11-13)16(22)21-6-3-17(4-7-21)23-8-9-24-17/h2,5,10-11H,3-4,6-9H2,1H3,(H,18,19,20). The Kier molecular flexibility index (Phi) is 4.14. The summed E-state index contributed by atoms with van der Waals surface area (Å²) in [6.45, 7) is 4.28. The van der Waals surface area contributed by atoms with E-state index in [1.165, 1.54) is 0 Å². The van der Waals surface area contributed by atoms with Crippen molar-refractivity contribution in [3.8, 4) is 0 Å². The molecule has 25 heavy (non-hydrogen) atoms. The second kappa shape index (κ2) is 6.45. The molecule has 0 radical (unpaired) electrons. The van der Waals surface area contributed by atoms with Crippen LogP contribution in [0.15, 0.2) is 28.9 Å². The van der Waals surface area contributed by atoms with Gasteiger partial charge in [0.25, 0.3) is 5.91 Å². The highest BCUT2D eigenvalue weighted by atomic mass is 16.7. The molecule has 0 unspecified atom stereocenters. The van der Waals surface area contributed by atoms with Gasteiger partial charge in [-0.05, 0) is 19.1 Å². The van der Waals surface area contributed by atoms with Gasteiger partial charge in [-0.3, -0.25) is 9.78 Å². The highest BCUT2D eigenvalue weighted by Crippen LogP contribution is 2.31. The van der Waals surface area contributed by atoms with E-state index in [4.69, 9.17) is 14.0 Å². The average molecular weight is 344 g/mol.